The number of hydrogen-bond acceptors (Lipinski definition) is 3. The molecule has 0 radical (unpaired) electrons. The molecule has 34 valence electrons. The Labute approximate surface area is 35.2 Å². The van der Waals surface area contributed by atoms with Gasteiger partial charge in [-0.3, -0.25) is 0 Å². The van der Waals surface area contributed by atoms with Crippen LogP contribution in [0.5, 0.6) is 0 Å². The minimum atomic E-state index is -0.252. The summed E-state index contributed by atoms with van der Waals surface area (Å²) in [7, 11) is 0. The fraction of sp³-hybridized carbons (Fsp3) is 0. The molecule has 0 aliphatic heterocycles. The molecule has 0 atom stereocenters. The fourth-order valence-corrected chi connectivity index (χ4v) is 0.0666. The van der Waals surface area contributed by atoms with Crippen LogP contribution in [-0.4, -0.2) is 16.5 Å². The number of hydrogen-bond donors (Lipinski definition) is 2. The Morgan fingerprint density at radius 3 is 2.33 bits per heavy atom. The van der Waals surface area contributed by atoms with Crippen LogP contribution in [0.4, 0.5) is 0 Å². The Morgan fingerprint density at radius 2 is 2.33 bits per heavy atom. The molecule has 0 bridgehead atoms. The molecule has 0 saturated heterocycles. The van der Waals surface area contributed by atoms with Crippen molar-refractivity contribution in [2.24, 2.45) is 5.16 Å². The smallest absolute Gasteiger partial charge is 0.130 e. The van der Waals surface area contributed by atoms with Crippen LogP contribution in [0.2, 0.25) is 0 Å². The van der Waals surface area contributed by atoms with E-state index in [1.165, 1.54) is 0 Å². The molecule has 0 aromatic rings. The molecule has 0 amide bonds. The molecule has 0 rings (SSSR count). The highest BCUT2D eigenvalue weighted by Gasteiger charge is 1.70. The molecule has 0 spiro atoms. The molecule has 6 heavy (non-hydrogen) atoms. The molecule has 0 unspecified atom stereocenters. The van der Waals surface area contributed by atoms with Gasteiger partial charge in [-0.2, -0.15) is 0 Å². The fourth-order valence-electron chi connectivity index (χ4n) is 0.0666. The second kappa shape index (κ2) is 2.26. The molecule has 0 aromatic heterocycles. The maximum absolute atomic E-state index is 8.05. The highest BCUT2D eigenvalue weighted by Crippen LogP contribution is 1.68. The van der Waals surface area contributed by atoms with Crippen molar-refractivity contribution in [3.63, 3.8) is 0 Å². The summed E-state index contributed by atoms with van der Waals surface area (Å²) < 4.78 is 0. The van der Waals surface area contributed by atoms with Crippen LogP contribution >= 0.6 is 0 Å². The lowest BCUT2D eigenvalue weighted by molar-refractivity contribution is 0.318. The molecule has 0 aliphatic carbocycles. The van der Waals surface area contributed by atoms with E-state index in [0.717, 1.165) is 6.21 Å². The van der Waals surface area contributed by atoms with Gasteiger partial charge in [0.2, 0.25) is 0 Å². The van der Waals surface area contributed by atoms with E-state index < -0.39 is 0 Å². The van der Waals surface area contributed by atoms with Crippen LogP contribution in [0.1, 0.15) is 0 Å². The first kappa shape index (κ1) is 5.01. The zero-order chi connectivity index (χ0) is 4.99. The lowest BCUT2D eigenvalue weighted by Crippen LogP contribution is -1.74. The standard InChI is InChI=1S/C3H5NO2/c1-3(5)2-4-6/h2,5-6H,1H2. The summed E-state index contributed by atoms with van der Waals surface area (Å²) in [4.78, 5) is 0. The van der Waals surface area contributed by atoms with Gasteiger partial charge in [-0.15, -0.1) is 0 Å². The summed E-state index contributed by atoms with van der Waals surface area (Å²) >= 11 is 0. The van der Waals surface area contributed by atoms with Crippen molar-refractivity contribution in [3.8, 4) is 0 Å². The molecule has 0 aromatic carbocycles. The van der Waals surface area contributed by atoms with Gasteiger partial charge < -0.3 is 10.3 Å². The summed E-state index contributed by atoms with van der Waals surface area (Å²) in [5, 5.41) is 18.1. The molecule has 3 heteroatoms. The molecular formula is C3H5NO2. The van der Waals surface area contributed by atoms with Gasteiger partial charge in [0.1, 0.15) is 12.0 Å². The number of aliphatic hydroxyl groups is 1. The van der Waals surface area contributed by atoms with E-state index in [1.54, 1.807) is 0 Å². The summed E-state index contributed by atoms with van der Waals surface area (Å²) in [6, 6.07) is 0. The Kier molecular flexibility index (Phi) is 1.89. The van der Waals surface area contributed by atoms with E-state index in [2.05, 4.69) is 11.7 Å². The van der Waals surface area contributed by atoms with E-state index in [1.807, 2.05) is 0 Å². The zero-order valence-electron chi connectivity index (χ0n) is 3.13. The number of nitrogens with zero attached hydrogens (tertiary/aromatic N) is 1. The maximum atomic E-state index is 8.05. The van der Waals surface area contributed by atoms with Crippen molar-refractivity contribution in [1.29, 1.82) is 0 Å². The lowest BCUT2D eigenvalue weighted by atomic mass is 10.6. The average Bonchev–Trinajstić information content (AvgIpc) is 1.35. The molecule has 0 saturated carbocycles. The quantitative estimate of drug-likeness (QED) is 0.212. The number of allylic oxidation sites excluding steroid dienone is 1. The predicted octanol–water partition coefficient (Wildman–Crippen LogP) is 0.518. The largest absolute Gasteiger partial charge is 0.507 e. The van der Waals surface area contributed by atoms with Crippen molar-refractivity contribution in [2.75, 3.05) is 0 Å². The highest BCUT2D eigenvalue weighted by atomic mass is 16.4. The van der Waals surface area contributed by atoms with Crippen LogP contribution in [0.25, 0.3) is 0 Å². The first-order valence-electron chi connectivity index (χ1n) is 1.32. The van der Waals surface area contributed by atoms with E-state index in [4.69, 9.17) is 10.3 Å². The molecule has 2 N–H and O–H groups in total. The van der Waals surface area contributed by atoms with E-state index in [-0.39, 0.29) is 5.76 Å². The average molecular weight is 87.1 g/mol. The van der Waals surface area contributed by atoms with Crippen LogP contribution in [-0.2, 0) is 0 Å². The molecule has 0 fully saturated rings. The first-order chi connectivity index (χ1) is 2.77. The monoisotopic (exact) mass is 87.0 g/mol. The normalized spacial score (nSPS) is 9.33. The highest BCUT2D eigenvalue weighted by molar-refractivity contribution is 5.73. The topological polar surface area (TPSA) is 52.8 Å². The Balaban J connectivity index is 3.30. The third-order valence-electron chi connectivity index (χ3n) is 0.207. The van der Waals surface area contributed by atoms with Crippen molar-refractivity contribution in [1.82, 2.24) is 0 Å². The van der Waals surface area contributed by atoms with Gasteiger partial charge in [0.15, 0.2) is 0 Å². The maximum Gasteiger partial charge on any atom is 0.130 e. The van der Waals surface area contributed by atoms with E-state index >= 15 is 0 Å². The number of aliphatic hydroxyl groups excluding tert-OH is 1. The number of oxime groups is 1. The van der Waals surface area contributed by atoms with E-state index in [0.29, 0.717) is 0 Å². The third kappa shape index (κ3) is 3.01. The lowest BCUT2D eigenvalue weighted by Gasteiger charge is -1.74. The van der Waals surface area contributed by atoms with Crippen molar-refractivity contribution in [2.45, 2.75) is 0 Å². The van der Waals surface area contributed by atoms with Gasteiger partial charge in [0, 0.05) is 0 Å². The van der Waals surface area contributed by atoms with Gasteiger partial charge in [-0.1, -0.05) is 11.7 Å². The summed E-state index contributed by atoms with van der Waals surface area (Å²) in [6.45, 7) is 2.99. The Bertz CT molecular complexity index is 76.9. The Hall–Kier alpha value is -0.990. The summed E-state index contributed by atoms with van der Waals surface area (Å²) in [6.07, 6.45) is 0.833. The SMILES string of the molecule is C=C(O)C=NO. The van der Waals surface area contributed by atoms with Crippen LogP contribution in [0, 0.1) is 0 Å². The zero-order valence-corrected chi connectivity index (χ0v) is 3.13. The molecule has 0 heterocycles. The van der Waals surface area contributed by atoms with Gasteiger partial charge in [0.25, 0.3) is 0 Å². The van der Waals surface area contributed by atoms with Crippen LogP contribution in [0.3, 0.4) is 0 Å². The minimum Gasteiger partial charge on any atom is -0.507 e. The van der Waals surface area contributed by atoms with Crippen LogP contribution < -0.4 is 0 Å². The summed E-state index contributed by atoms with van der Waals surface area (Å²) in [5.74, 6) is -0.252. The second-order valence-electron chi connectivity index (χ2n) is 0.736. The van der Waals surface area contributed by atoms with Gasteiger partial charge in [-0.05, 0) is 0 Å². The van der Waals surface area contributed by atoms with Gasteiger partial charge in [-0.25, -0.2) is 0 Å². The van der Waals surface area contributed by atoms with Gasteiger partial charge >= 0.3 is 0 Å². The second-order valence-corrected chi connectivity index (χ2v) is 0.736. The molecule has 0 aliphatic rings. The first-order valence-corrected chi connectivity index (χ1v) is 1.32. The third-order valence-corrected chi connectivity index (χ3v) is 0.207. The predicted molar refractivity (Wildman–Crippen MR) is 22.0 cm³/mol. The minimum absolute atomic E-state index is 0.252. The van der Waals surface area contributed by atoms with Crippen molar-refractivity contribution >= 4 is 6.21 Å². The number of rotatable bonds is 1. The van der Waals surface area contributed by atoms with Gasteiger partial charge in [0.05, 0.1) is 0 Å². The molecule has 3 nitrogen and oxygen atoms in total. The van der Waals surface area contributed by atoms with Crippen LogP contribution in [0.15, 0.2) is 17.5 Å². The Morgan fingerprint density at radius 1 is 1.83 bits per heavy atom. The van der Waals surface area contributed by atoms with E-state index in [9.17, 15) is 0 Å². The molecular weight excluding hydrogens is 82.0 g/mol. The van der Waals surface area contributed by atoms with Crippen molar-refractivity contribution < 1.29 is 10.3 Å². The summed E-state index contributed by atoms with van der Waals surface area (Å²) in [5.41, 5.74) is 0. The van der Waals surface area contributed by atoms with Crippen molar-refractivity contribution in [3.05, 3.63) is 12.3 Å².